The molecule has 0 aromatic carbocycles. The monoisotopic (exact) mass is 194 g/mol. The molecule has 1 N–H and O–H groups in total. The summed E-state index contributed by atoms with van der Waals surface area (Å²) in [4.78, 5) is 8.97. The van der Waals surface area contributed by atoms with Crippen LogP contribution >= 0.6 is 7.60 Å². The zero-order chi connectivity index (χ0) is 9.61. The van der Waals surface area contributed by atoms with Crippen LogP contribution in [0.2, 0.25) is 0 Å². The largest absolute Gasteiger partial charge is 0.325 e. The van der Waals surface area contributed by atoms with Crippen LogP contribution in [0.3, 0.4) is 0 Å². The molecule has 0 aromatic rings. The van der Waals surface area contributed by atoms with Gasteiger partial charge in [-0.3, -0.25) is 4.57 Å². The molecule has 0 aliphatic carbocycles. The van der Waals surface area contributed by atoms with Gasteiger partial charge in [0.15, 0.2) is 0 Å². The third-order valence-corrected chi connectivity index (χ3v) is 2.26. The fourth-order valence-corrected chi connectivity index (χ4v) is 1.93. The second-order valence-corrected chi connectivity index (χ2v) is 4.92. The predicted octanol–water partition coefficient (Wildman–Crippen LogP) is 2.79. The summed E-state index contributed by atoms with van der Waals surface area (Å²) >= 11 is 0. The van der Waals surface area contributed by atoms with Crippen molar-refractivity contribution in [1.29, 1.82) is 0 Å². The normalized spacial score (nSPS) is 16.4. The van der Waals surface area contributed by atoms with Gasteiger partial charge in [0.1, 0.15) is 0 Å². The van der Waals surface area contributed by atoms with Crippen LogP contribution in [0.15, 0.2) is 0 Å². The molecule has 12 heavy (non-hydrogen) atoms. The molecule has 0 aliphatic rings. The zero-order valence-electron chi connectivity index (χ0n) is 8.12. The molecule has 0 heterocycles. The highest BCUT2D eigenvalue weighted by molar-refractivity contribution is 7.51. The first-order valence-electron chi connectivity index (χ1n) is 4.48. The highest BCUT2D eigenvalue weighted by Crippen LogP contribution is 2.39. The SMILES string of the molecule is CCCC(CCC)OP(C)(=O)O. The molecule has 0 radical (unpaired) electrons. The minimum atomic E-state index is -3.28. The van der Waals surface area contributed by atoms with E-state index in [0.29, 0.717) is 0 Å². The molecule has 74 valence electrons. The molecule has 0 fully saturated rings. The number of hydrogen-bond donors (Lipinski definition) is 1. The van der Waals surface area contributed by atoms with Gasteiger partial charge >= 0.3 is 7.60 Å². The molecular formula is C8H19O3P. The summed E-state index contributed by atoms with van der Waals surface area (Å²) in [5, 5.41) is 0. The minimum Gasteiger partial charge on any atom is -0.324 e. The zero-order valence-corrected chi connectivity index (χ0v) is 9.01. The summed E-state index contributed by atoms with van der Waals surface area (Å²) in [5.74, 6) is 0. The van der Waals surface area contributed by atoms with Crippen LogP contribution in [0, 0.1) is 0 Å². The average Bonchev–Trinajstić information content (AvgIpc) is 1.84. The summed E-state index contributed by atoms with van der Waals surface area (Å²) in [5.41, 5.74) is 0. The molecule has 0 saturated carbocycles. The Hall–Kier alpha value is 0.150. The quantitative estimate of drug-likeness (QED) is 0.661. The van der Waals surface area contributed by atoms with Crippen LogP contribution in [0.25, 0.3) is 0 Å². The first-order valence-corrected chi connectivity index (χ1v) is 6.50. The Morgan fingerprint density at radius 1 is 1.33 bits per heavy atom. The van der Waals surface area contributed by atoms with Gasteiger partial charge in [-0.1, -0.05) is 26.7 Å². The van der Waals surface area contributed by atoms with E-state index in [1.165, 1.54) is 6.66 Å². The third kappa shape index (κ3) is 6.84. The van der Waals surface area contributed by atoms with Crippen LogP contribution in [0.5, 0.6) is 0 Å². The van der Waals surface area contributed by atoms with E-state index in [4.69, 9.17) is 9.42 Å². The number of hydrogen-bond acceptors (Lipinski definition) is 2. The van der Waals surface area contributed by atoms with Crippen molar-refractivity contribution < 1.29 is 14.0 Å². The lowest BCUT2D eigenvalue weighted by molar-refractivity contribution is 0.157. The lowest BCUT2D eigenvalue weighted by Gasteiger charge is -2.17. The van der Waals surface area contributed by atoms with Gasteiger partial charge in [-0.05, 0) is 12.8 Å². The molecular weight excluding hydrogens is 175 g/mol. The van der Waals surface area contributed by atoms with E-state index in [-0.39, 0.29) is 6.10 Å². The van der Waals surface area contributed by atoms with Gasteiger partial charge in [-0.2, -0.15) is 0 Å². The second-order valence-electron chi connectivity index (χ2n) is 3.11. The van der Waals surface area contributed by atoms with E-state index < -0.39 is 7.60 Å². The second kappa shape index (κ2) is 5.74. The van der Waals surface area contributed by atoms with Gasteiger partial charge in [0.05, 0.1) is 6.10 Å². The van der Waals surface area contributed by atoms with E-state index in [2.05, 4.69) is 0 Å². The average molecular weight is 194 g/mol. The van der Waals surface area contributed by atoms with Gasteiger partial charge in [0.2, 0.25) is 0 Å². The molecule has 1 unspecified atom stereocenters. The van der Waals surface area contributed by atoms with Gasteiger partial charge in [0.25, 0.3) is 0 Å². The maximum Gasteiger partial charge on any atom is 0.325 e. The lowest BCUT2D eigenvalue weighted by Crippen LogP contribution is -2.10. The molecule has 1 atom stereocenters. The van der Waals surface area contributed by atoms with Gasteiger partial charge < -0.3 is 9.42 Å². The highest BCUT2D eigenvalue weighted by atomic mass is 31.2. The minimum absolute atomic E-state index is 0.0409. The van der Waals surface area contributed by atoms with Crippen molar-refractivity contribution in [3.8, 4) is 0 Å². The lowest BCUT2D eigenvalue weighted by atomic mass is 10.1. The molecule has 4 heteroatoms. The maximum atomic E-state index is 10.9. The van der Waals surface area contributed by atoms with Crippen LogP contribution in [0.4, 0.5) is 0 Å². The molecule has 0 bridgehead atoms. The van der Waals surface area contributed by atoms with E-state index in [0.717, 1.165) is 25.7 Å². The molecule has 0 aromatic heterocycles. The smallest absolute Gasteiger partial charge is 0.324 e. The van der Waals surface area contributed by atoms with Crippen LogP contribution in [0.1, 0.15) is 39.5 Å². The van der Waals surface area contributed by atoms with Crippen LogP contribution in [-0.4, -0.2) is 17.7 Å². The summed E-state index contributed by atoms with van der Waals surface area (Å²) in [6.07, 6.45) is 3.68. The first-order chi connectivity index (χ1) is 5.49. The van der Waals surface area contributed by atoms with Crippen molar-refractivity contribution in [3.63, 3.8) is 0 Å². The molecule has 0 amide bonds. The van der Waals surface area contributed by atoms with Gasteiger partial charge in [-0.25, -0.2) is 0 Å². The van der Waals surface area contributed by atoms with Gasteiger partial charge in [-0.15, -0.1) is 0 Å². The van der Waals surface area contributed by atoms with Crippen LogP contribution < -0.4 is 0 Å². The molecule has 0 aliphatic heterocycles. The fourth-order valence-electron chi connectivity index (χ4n) is 1.17. The highest BCUT2D eigenvalue weighted by Gasteiger charge is 2.17. The van der Waals surface area contributed by atoms with E-state index in [1.54, 1.807) is 0 Å². The van der Waals surface area contributed by atoms with Crippen molar-refractivity contribution in [1.82, 2.24) is 0 Å². The Kier molecular flexibility index (Phi) is 5.81. The fraction of sp³-hybridized carbons (Fsp3) is 1.00. The summed E-state index contributed by atoms with van der Waals surface area (Å²) < 4.78 is 15.9. The first kappa shape index (κ1) is 12.2. The Labute approximate surface area is 74.7 Å². The predicted molar refractivity (Wildman–Crippen MR) is 50.4 cm³/mol. The topological polar surface area (TPSA) is 46.5 Å². The summed E-state index contributed by atoms with van der Waals surface area (Å²) in [6.45, 7) is 5.33. The standard InChI is InChI=1S/C8H19O3P/c1-4-6-8(7-5-2)11-12(3,9)10/h8H,4-7H2,1-3H3,(H,9,10). The van der Waals surface area contributed by atoms with Crippen molar-refractivity contribution >= 4 is 7.60 Å². The third-order valence-electron chi connectivity index (χ3n) is 1.57. The molecule has 0 saturated heterocycles. The molecule has 3 nitrogen and oxygen atoms in total. The van der Waals surface area contributed by atoms with Crippen molar-refractivity contribution in [2.45, 2.75) is 45.6 Å². The number of rotatable bonds is 6. The van der Waals surface area contributed by atoms with E-state index in [9.17, 15) is 4.57 Å². The van der Waals surface area contributed by atoms with E-state index in [1.807, 2.05) is 13.8 Å². The maximum absolute atomic E-state index is 10.9. The van der Waals surface area contributed by atoms with Crippen molar-refractivity contribution in [2.75, 3.05) is 6.66 Å². The molecule has 0 rings (SSSR count). The van der Waals surface area contributed by atoms with Crippen LogP contribution in [-0.2, 0) is 9.09 Å². The molecule has 0 spiro atoms. The van der Waals surface area contributed by atoms with Crippen molar-refractivity contribution in [2.24, 2.45) is 0 Å². The Bertz CT molecular complexity index is 146. The van der Waals surface area contributed by atoms with Gasteiger partial charge in [0, 0.05) is 6.66 Å². The summed E-state index contributed by atoms with van der Waals surface area (Å²) in [6, 6.07) is 0. The van der Waals surface area contributed by atoms with Crippen molar-refractivity contribution in [3.05, 3.63) is 0 Å². The summed E-state index contributed by atoms with van der Waals surface area (Å²) in [7, 11) is -3.28. The van der Waals surface area contributed by atoms with E-state index >= 15 is 0 Å². The Balaban J connectivity index is 3.86. The Morgan fingerprint density at radius 2 is 1.75 bits per heavy atom. The Morgan fingerprint density at radius 3 is 2.00 bits per heavy atom.